The van der Waals surface area contributed by atoms with Gasteiger partial charge in [-0.05, 0) is 25.7 Å². The first-order chi connectivity index (χ1) is 38.3. The highest BCUT2D eigenvalue weighted by molar-refractivity contribution is 7.79. The molecule has 0 rings (SSSR count). The Morgan fingerprint density at radius 3 is 0.397 bits per heavy atom. The van der Waals surface area contributed by atoms with Crippen LogP contribution in [0.15, 0.2) is 0 Å². The monoisotopic (exact) mass is 1120 g/mol. The zero-order valence-corrected chi connectivity index (χ0v) is 55.3. The van der Waals surface area contributed by atoms with Crippen LogP contribution in [0.1, 0.15) is 451 Å². The van der Waals surface area contributed by atoms with Crippen molar-refractivity contribution in [2.45, 2.75) is 464 Å². The molecule has 0 fully saturated rings. The predicted octanol–water partition coefficient (Wildman–Crippen LogP) is 26.5. The Morgan fingerprint density at radius 2 is 0.295 bits per heavy atom. The van der Waals surface area contributed by atoms with Gasteiger partial charge in [-0.2, -0.15) is 8.42 Å². The van der Waals surface area contributed by atoms with Gasteiger partial charge < -0.3 is 5.32 Å². The smallest absolute Gasteiger partial charge is 0.311 e. The zero-order chi connectivity index (χ0) is 57.0. The van der Waals surface area contributed by atoms with Crippen molar-refractivity contribution in [1.82, 2.24) is 5.32 Å². The zero-order valence-electron chi connectivity index (χ0n) is 54.4. The van der Waals surface area contributed by atoms with E-state index in [2.05, 4.69) is 33.0 Å². The Bertz CT molecular complexity index is 1070. The molecular formula is C72H149NO4S. The maximum absolute atomic E-state index is 8.74. The minimum absolute atomic E-state index is 0.760. The summed E-state index contributed by atoms with van der Waals surface area (Å²) in [6, 6.07) is 1.52. The van der Waals surface area contributed by atoms with E-state index in [0.717, 1.165) is 12.1 Å². The van der Waals surface area contributed by atoms with Crippen molar-refractivity contribution in [2.24, 2.45) is 0 Å². The van der Waals surface area contributed by atoms with Crippen LogP contribution in [0.2, 0.25) is 0 Å². The first-order valence-corrected chi connectivity index (χ1v) is 38.1. The maximum atomic E-state index is 8.74. The van der Waals surface area contributed by atoms with Crippen molar-refractivity contribution < 1.29 is 17.5 Å². The molecule has 0 heterocycles. The molecule has 2 unspecified atom stereocenters. The van der Waals surface area contributed by atoms with E-state index >= 15 is 0 Å². The van der Waals surface area contributed by atoms with Gasteiger partial charge in [0.25, 0.3) is 0 Å². The molecule has 0 aromatic carbocycles. The SMILES string of the molecule is CCCCCCCCCCCCCCCCCCC(CCCCCCCCCCCCCCCCC)NC(CCCCCCCCCCCCCCCCC)CCCCCCCCCCCCCCCCCC.O=S(=O)(O)O. The molecule has 0 aromatic heterocycles. The summed E-state index contributed by atoms with van der Waals surface area (Å²) < 4.78 is 31.6. The normalized spacial score (nSPS) is 12.6. The van der Waals surface area contributed by atoms with E-state index in [-0.39, 0.29) is 0 Å². The first-order valence-electron chi connectivity index (χ1n) is 36.7. The number of rotatable bonds is 68. The lowest BCUT2D eigenvalue weighted by atomic mass is 9.95. The largest absolute Gasteiger partial charge is 0.394 e. The molecule has 6 heteroatoms. The van der Waals surface area contributed by atoms with Gasteiger partial charge >= 0.3 is 10.4 Å². The molecule has 3 N–H and O–H groups in total. The van der Waals surface area contributed by atoms with Crippen LogP contribution in [0.4, 0.5) is 0 Å². The van der Waals surface area contributed by atoms with E-state index in [1.165, 1.54) is 424 Å². The second kappa shape index (κ2) is 71.1. The van der Waals surface area contributed by atoms with Gasteiger partial charge in [0.05, 0.1) is 0 Å². The van der Waals surface area contributed by atoms with Crippen molar-refractivity contribution in [3.63, 3.8) is 0 Å². The Morgan fingerprint density at radius 1 is 0.205 bits per heavy atom. The molecular weight excluding hydrogens is 975 g/mol. The highest BCUT2D eigenvalue weighted by atomic mass is 32.3. The molecule has 0 amide bonds. The summed E-state index contributed by atoms with van der Waals surface area (Å²) in [5.74, 6) is 0. The lowest BCUT2D eigenvalue weighted by molar-refractivity contribution is 0.329. The Labute approximate surface area is 494 Å². The van der Waals surface area contributed by atoms with Crippen LogP contribution >= 0.6 is 0 Å². The summed E-state index contributed by atoms with van der Waals surface area (Å²) in [5, 5.41) is 4.46. The molecule has 0 spiro atoms. The van der Waals surface area contributed by atoms with Crippen LogP contribution < -0.4 is 5.32 Å². The van der Waals surface area contributed by atoms with Crippen LogP contribution in [0.25, 0.3) is 0 Å². The molecule has 0 aromatic rings. The highest BCUT2D eigenvalue weighted by Crippen LogP contribution is 2.22. The van der Waals surface area contributed by atoms with Crippen molar-refractivity contribution in [2.75, 3.05) is 0 Å². The Balaban J connectivity index is 0. The molecule has 5 nitrogen and oxygen atoms in total. The minimum atomic E-state index is -4.67. The predicted molar refractivity (Wildman–Crippen MR) is 352 cm³/mol. The number of hydrogen-bond acceptors (Lipinski definition) is 3. The Kier molecular flexibility index (Phi) is 72.8. The summed E-state index contributed by atoms with van der Waals surface area (Å²) in [4.78, 5) is 0. The van der Waals surface area contributed by atoms with Gasteiger partial charge in [-0.1, -0.05) is 426 Å². The third-order valence-electron chi connectivity index (χ3n) is 17.6. The molecule has 78 heavy (non-hydrogen) atoms. The van der Waals surface area contributed by atoms with E-state index in [1.54, 1.807) is 0 Å². The molecule has 2 atom stereocenters. The second-order valence-corrected chi connectivity index (χ2v) is 26.6. The van der Waals surface area contributed by atoms with Crippen molar-refractivity contribution >= 4 is 10.4 Å². The third kappa shape index (κ3) is 77.9. The van der Waals surface area contributed by atoms with Crippen LogP contribution in [0, 0.1) is 0 Å². The topological polar surface area (TPSA) is 86.6 Å². The molecule has 0 saturated heterocycles. The molecule has 0 saturated carbocycles. The minimum Gasteiger partial charge on any atom is -0.311 e. The van der Waals surface area contributed by atoms with Gasteiger partial charge in [-0.3, -0.25) is 9.11 Å². The molecule has 0 aliphatic carbocycles. The van der Waals surface area contributed by atoms with Crippen molar-refractivity contribution in [3.8, 4) is 0 Å². The number of unbranched alkanes of at least 4 members (excludes halogenated alkanes) is 58. The highest BCUT2D eigenvalue weighted by Gasteiger charge is 2.16. The number of hydrogen-bond donors (Lipinski definition) is 3. The molecule has 0 bridgehead atoms. The first kappa shape index (κ1) is 79.9. The van der Waals surface area contributed by atoms with Gasteiger partial charge in [-0.25, -0.2) is 0 Å². The fraction of sp³-hybridized carbons (Fsp3) is 1.00. The van der Waals surface area contributed by atoms with E-state index in [9.17, 15) is 0 Å². The average Bonchev–Trinajstić information content (AvgIpc) is 3.42. The van der Waals surface area contributed by atoms with Crippen molar-refractivity contribution in [3.05, 3.63) is 0 Å². The third-order valence-corrected chi connectivity index (χ3v) is 17.6. The number of nitrogens with one attached hydrogen (secondary N) is 1. The maximum Gasteiger partial charge on any atom is 0.394 e. The lowest BCUT2D eigenvalue weighted by Gasteiger charge is -2.27. The second-order valence-electron chi connectivity index (χ2n) is 25.7. The van der Waals surface area contributed by atoms with Crippen LogP contribution in [0.5, 0.6) is 0 Å². The van der Waals surface area contributed by atoms with Crippen LogP contribution in [-0.2, 0) is 10.4 Å². The van der Waals surface area contributed by atoms with E-state index in [4.69, 9.17) is 17.5 Å². The van der Waals surface area contributed by atoms with Gasteiger partial charge in [0, 0.05) is 12.1 Å². The summed E-state index contributed by atoms with van der Waals surface area (Å²) in [5.41, 5.74) is 0. The fourth-order valence-electron chi connectivity index (χ4n) is 12.4. The van der Waals surface area contributed by atoms with Gasteiger partial charge in [0.2, 0.25) is 0 Å². The van der Waals surface area contributed by atoms with Crippen LogP contribution in [0.3, 0.4) is 0 Å². The summed E-state index contributed by atoms with van der Waals surface area (Å²) >= 11 is 0. The Hall–Kier alpha value is -0.170. The van der Waals surface area contributed by atoms with E-state index in [0.29, 0.717) is 0 Å². The van der Waals surface area contributed by atoms with Crippen molar-refractivity contribution in [1.29, 1.82) is 0 Å². The summed E-state index contributed by atoms with van der Waals surface area (Å²) in [7, 11) is -4.67. The molecule has 0 aliphatic rings. The lowest BCUT2D eigenvalue weighted by Crippen LogP contribution is -2.38. The van der Waals surface area contributed by atoms with Gasteiger partial charge in [0.15, 0.2) is 0 Å². The standard InChI is InChI=1S/C72H147N.H2O4S/c1-5-9-13-17-21-25-29-33-37-41-45-49-53-57-61-65-69-71(67-63-59-55-51-47-43-39-35-31-27-23-19-15-11-7-3)73-72(68-64-60-56-52-48-44-40-36-32-28-24-20-16-12-8-4)70-66-62-58-54-50-46-42-38-34-30-26-22-18-14-10-6-2;1-5(2,3)4/h71-73H,5-70H2,1-4H3;(H2,1,2,3,4). The molecule has 0 aliphatic heterocycles. The van der Waals surface area contributed by atoms with Crippen LogP contribution in [-0.4, -0.2) is 29.6 Å². The van der Waals surface area contributed by atoms with E-state index < -0.39 is 10.4 Å². The quantitative estimate of drug-likeness (QED) is 0.0417. The molecule has 0 radical (unpaired) electrons. The van der Waals surface area contributed by atoms with E-state index in [1.807, 2.05) is 0 Å². The summed E-state index contributed by atoms with van der Waals surface area (Å²) in [6.45, 7) is 9.32. The summed E-state index contributed by atoms with van der Waals surface area (Å²) in [6.07, 6.45) is 96.9. The van der Waals surface area contributed by atoms with Gasteiger partial charge in [-0.15, -0.1) is 0 Å². The van der Waals surface area contributed by atoms with Gasteiger partial charge in [0.1, 0.15) is 0 Å². The fourth-order valence-corrected chi connectivity index (χ4v) is 12.4. The molecule has 472 valence electrons. The average molecular weight is 1130 g/mol.